The molecule has 0 spiro atoms. The topological polar surface area (TPSA) is 66.6 Å². The zero-order valence-corrected chi connectivity index (χ0v) is 10.6. The van der Waals surface area contributed by atoms with Crippen LogP contribution in [-0.4, -0.2) is 34.7 Å². The van der Waals surface area contributed by atoms with Crippen LogP contribution in [0, 0.1) is 5.41 Å². The minimum absolute atomic E-state index is 0.00507. The number of rotatable bonds is 2. The third-order valence-electron chi connectivity index (χ3n) is 3.07. The molecule has 0 unspecified atom stereocenters. The van der Waals surface area contributed by atoms with E-state index in [1.165, 1.54) is 0 Å². The van der Waals surface area contributed by atoms with Gasteiger partial charge in [0, 0.05) is 12.6 Å². The molecule has 4 nitrogen and oxygen atoms in total. The molecule has 1 fully saturated rings. The van der Waals surface area contributed by atoms with Crippen molar-refractivity contribution >= 4 is 6.09 Å². The Morgan fingerprint density at radius 3 is 2.38 bits per heavy atom. The first-order valence-corrected chi connectivity index (χ1v) is 6.06. The lowest BCUT2D eigenvalue weighted by Gasteiger charge is -2.39. The molecule has 94 valence electrons. The first-order valence-electron chi connectivity index (χ1n) is 6.06. The largest absolute Gasteiger partial charge is 0.465 e. The van der Waals surface area contributed by atoms with E-state index in [0.717, 1.165) is 25.7 Å². The fraction of sp³-hybridized carbons (Fsp3) is 0.917. The zero-order chi connectivity index (χ0) is 12.3. The maximum absolute atomic E-state index is 11.3. The van der Waals surface area contributed by atoms with Crippen molar-refractivity contribution in [3.8, 4) is 0 Å². The van der Waals surface area contributed by atoms with Gasteiger partial charge in [-0.05, 0) is 18.3 Å². The average Bonchev–Trinajstić information content (AvgIpc) is 2.13. The Hall–Kier alpha value is -0.770. The Bertz CT molecular complexity index is 248. The first kappa shape index (κ1) is 13.3. The van der Waals surface area contributed by atoms with Gasteiger partial charge in [-0.1, -0.05) is 33.6 Å². The second-order valence-corrected chi connectivity index (χ2v) is 5.99. The quantitative estimate of drug-likeness (QED) is 0.762. The van der Waals surface area contributed by atoms with Gasteiger partial charge in [-0.3, -0.25) is 0 Å². The summed E-state index contributed by atoms with van der Waals surface area (Å²) in [5.74, 6) is 0. The molecule has 0 aliphatic heterocycles. The molecule has 2 atom stereocenters. The molecule has 0 aromatic rings. The Morgan fingerprint density at radius 1 is 1.38 bits per heavy atom. The third kappa shape index (κ3) is 3.67. The molecule has 0 heterocycles. The minimum atomic E-state index is -0.836. The van der Waals surface area contributed by atoms with Gasteiger partial charge in [0.25, 0.3) is 0 Å². The van der Waals surface area contributed by atoms with Gasteiger partial charge in [0.1, 0.15) is 0 Å². The van der Waals surface area contributed by atoms with E-state index in [4.69, 9.17) is 5.73 Å². The van der Waals surface area contributed by atoms with Crippen molar-refractivity contribution in [2.75, 3.05) is 6.54 Å². The molecular formula is C12H24N2O2. The Kier molecular flexibility index (Phi) is 4.19. The van der Waals surface area contributed by atoms with Gasteiger partial charge in [-0.25, -0.2) is 4.79 Å². The standard InChI is InChI=1S/C12H24N2O2/c1-12(2,3)8-14(11(15)16)10-7-5-4-6-9(10)13/h9-10H,4-8,13H2,1-3H3,(H,15,16)/t9-,10+/m0/s1. The van der Waals surface area contributed by atoms with Gasteiger partial charge in [-0.15, -0.1) is 0 Å². The van der Waals surface area contributed by atoms with Crippen LogP contribution in [-0.2, 0) is 0 Å². The van der Waals surface area contributed by atoms with Crippen LogP contribution in [0.1, 0.15) is 46.5 Å². The van der Waals surface area contributed by atoms with Crippen molar-refractivity contribution in [1.29, 1.82) is 0 Å². The predicted octanol–water partition coefficient (Wildman–Crippen LogP) is 2.28. The van der Waals surface area contributed by atoms with E-state index < -0.39 is 6.09 Å². The molecule has 1 aliphatic rings. The summed E-state index contributed by atoms with van der Waals surface area (Å²) in [4.78, 5) is 12.8. The van der Waals surface area contributed by atoms with E-state index in [2.05, 4.69) is 20.8 Å². The highest BCUT2D eigenvalue weighted by molar-refractivity contribution is 5.65. The molecular weight excluding hydrogens is 204 g/mol. The number of hydrogen-bond acceptors (Lipinski definition) is 2. The molecule has 0 aromatic carbocycles. The number of nitrogens with zero attached hydrogens (tertiary/aromatic N) is 1. The molecule has 0 radical (unpaired) electrons. The maximum atomic E-state index is 11.3. The highest BCUT2D eigenvalue weighted by Crippen LogP contribution is 2.25. The van der Waals surface area contributed by atoms with Crippen LogP contribution in [0.5, 0.6) is 0 Å². The van der Waals surface area contributed by atoms with Gasteiger partial charge >= 0.3 is 6.09 Å². The van der Waals surface area contributed by atoms with E-state index in [1.807, 2.05) is 0 Å². The van der Waals surface area contributed by atoms with Crippen LogP contribution in [0.2, 0.25) is 0 Å². The van der Waals surface area contributed by atoms with Crippen molar-refractivity contribution in [2.45, 2.75) is 58.5 Å². The predicted molar refractivity (Wildman–Crippen MR) is 64.4 cm³/mol. The molecule has 1 rings (SSSR count). The van der Waals surface area contributed by atoms with Crippen LogP contribution in [0.15, 0.2) is 0 Å². The summed E-state index contributed by atoms with van der Waals surface area (Å²) >= 11 is 0. The summed E-state index contributed by atoms with van der Waals surface area (Å²) in [6, 6.07) is 0.0117. The van der Waals surface area contributed by atoms with Crippen molar-refractivity contribution in [1.82, 2.24) is 4.90 Å². The van der Waals surface area contributed by atoms with Gasteiger partial charge in [0.05, 0.1) is 6.04 Å². The number of carboxylic acid groups (broad SMARTS) is 1. The smallest absolute Gasteiger partial charge is 0.407 e. The number of amides is 1. The molecule has 0 saturated heterocycles. The monoisotopic (exact) mass is 228 g/mol. The van der Waals surface area contributed by atoms with E-state index in [-0.39, 0.29) is 17.5 Å². The molecule has 0 aromatic heterocycles. The molecule has 1 saturated carbocycles. The number of hydrogen-bond donors (Lipinski definition) is 2. The van der Waals surface area contributed by atoms with E-state index in [1.54, 1.807) is 4.90 Å². The van der Waals surface area contributed by atoms with Crippen LogP contribution in [0.25, 0.3) is 0 Å². The van der Waals surface area contributed by atoms with Crippen molar-refractivity contribution in [3.63, 3.8) is 0 Å². The Balaban J connectivity index is 2.72. The molecule has 0 bridgehead atoms. The fourth-order valence-electron chi connectivity index (χ4n) is 2.36. The zero-order valence-electron chi connectivity index (χ0n) is 10.6. The van der Waals surface area contributed by atoms with Gasteiger partial charge in [0.15, 0.2) is 0 Å². The second kappa shape index (κ2) is 5.04. The van der Waals surface area contributed by atoms with E-state index >= 15 is 0 Å². The molecule has 3 N–H and O–H groups in total. The lowest BCUT2D eigenvalue weighted by molar-refractivity contribution is 0.0812. The minimum Gasteiger partial charge on any atom is -0.465 e. The van der Waals surface area contributed by atoms with Crippen molar-refractivity contribution < 1.29 is 9.90 Å². The van der Waals surface area contributed by atoms with Crippen molar-refractivity contribution in [3.05, 3.63) is 0 Å². The summed E-state index contributed by atoms with van der Waals surface area (Å²) < 4.78 is 0. The normalized spacial score (nSPS) is 26.5. The van der Waals surface area contributed by atoms with E-state index in [9.17, 15) is 9.90 Å². The summed E-state index contributed by atoms with van der Waals surface area (Å²) in [7, 11) is 0. The molecule has 1 aliphatic carbocycles. The second-order valence-electron chi connectivity index (χ2n) is 5.99. The number of carbonyl (C=O) groups is 1. The number of nitrogens with two attached hydrogens (primary N) is 1. The summed E-state index contributed by atoms with van der Waals surface area (Å²) in [6.45, 7) is 6.71. The molecule has 4 heteroatoms. The third-order valence-corrected chi connectivity index (χ3v) is 3.07. The highest BCUT2D eigenvalue weighted by Gasteiger charge is 2.33. The van der Waals surface area contributed by atoms with Gasteiger partial charge in [-0.2, -0.15) is 0 Å². The van der Waals surface area contributed by atoms with Crippen LogP contribution in [0.4, 0.5) is 4.79 Å². The fourth-order valence-corrected chi connectivity index (χ4v) is 2.36. The van der Waals surface area contributed by atoms with Crippen LogP contribution in [0.3, 0.4) is 0 Å². The van der Waals surface area contributed by atoms with Crippen LogP contribution >= 0.6 is 0 Å². The van der Waals surface area contributed by atoms with E-state index in [0.29, 0.717) is 6.54 Å². The lowest BCUT2D eigenvalue weighted by atomic mass is 9.88. The summed E-state index contributed by atoms with van der Waals surface area (Å²) in [5.41, 5.74) is 6.01. The lowest BCUT2D eigenvalue weighted by Crippen LogP contribution is -2.53. The van der Waals surface area contributed by atoms with Crippen LogP contribution < -0.4 is 5.73 Å². The SMILES string of the molecule is CC(C)(C)CN(C(=O)O)[C@@H]1CCCC[C@@H]1N. The average molecular weight is 228 g/mol. The maximum Gasteiger partial charge on any atom is 0.407 e. The Morgan fingerprint density at radius 2 is 1.94 bits per heavy atom. The summed E-state index contributed by atoms with van der Waals surface area (Å²) in [6.07, 6.45) is 3.23. The highest BCUT2D eigenvalue weighted by atomic mass is 16.4. The first-order chi connectivity index (χ1) is 7.31. The molecule has 16 heavy (non-hydrogen) atoms. The Labute approximate surface area is 97.8 Å². The van der Waals surface area contributed by atoms with Crippen molar-refractivity contribution in [2.24, 2.45) is 11.1 Å². The van der Waals surface area contributed by atoms with Gasteiger partial charge in [0.2, 0.25) is 0 Å². The van der Waals surface area contributed by atoms with Gasteiger partial charge < -0.3 is 15.7 Å². The molecule has 1 amide bonds. The summed E-state index contributed by atoms with van der Waals surface area (Å²) in [5, 5.41) is 9.28.